The largest absolute Gasteiger partial charge is 0.493 e. The smallest absolute Gasteiger partial charge is 0.264 e. The van der Waals surface area contributed by atoms with E-state index in [4.69, 9.17) is 32.7 Å². The van der Waals surface area contributed by atoms with E-state index in [0.717, 1.165) is 62.1 Å². The van der Waals surface area contributed by atoms with Crippen molar-refractivity contribution >= 4 is 41.1 Å². The lowest BCUT2D eigenvalue weighted by Gasteiger charge is -2.23. The molecule has 1 saturated carbocycles. The molecule has 0 atom stereocenters. The van der Waals surface area contributed by atoms with E-state index in [1.54, 1.807) is 19.2 Å². The molecule has 4 rings (SSSR count). The average Bonchev–Trinajstić information content (AvgIpc) is 3.77. The van der Waals surface area contributed by atoms with Crippen LogP contribution in [0.5, 0.6) is 5.75 Å². The number of halogens is 3. The second-order valence-corrected chi connectivity index (χ2v) is 11.6. The normalized spacial score (nSPS) is 14.9. The Morgan fingerprint density at radius 2 is 1.79 bits per heavy atom. The molecule has 39 heavy (non-hydrogen) atoms. The SMILES string of the molecule is CCC.CCSNC(=O)c1cc(C2CC2)c(OCC2CCNCC2)cc1F.COCCc1ccc(Cl)cc1Cl. The van der Waals surface area contributed by atoms with E-state index in [1.807, 2.05) is 19.1 Å². The number of ether oxygens (including phenoxy) is 2. The highest BCUT2D eigenvalue weighted by Crippen LogP contribution is 2.45. The molecule has 1 aliphatic heterocycles. The highest BCUT2D eigenvalue weighted by Gasteiger charge is 2.30. The van der Waals surface area contributed by atoms with Crippen molar-refractivity contribution in [1.82, 2.24) is 10.0 Å². The van der Waals surface area contributed by atoms with Crippen LogP contribution in [0.4, 0.5) is 4.39 Å². The van der Waals surface area contributed by atoms with Gasteiger partial charge in [-0.2, -0.15) is 0 Å². The van der Waals surface area contributed by atoms with Gasteiger partial charge in [-0.1, -0.05) is 68.4 Å². The lowest BCUT2D eigenvalue weighted by Crippen LogP contribution is -2.30. The summed E-state index contributed by atoms with van der Waals surface area (Å²) in [6.45, 7) is 9.53. The minimum atomic E-state index is -0.506. The summed E-state index contributed by atoms with van der Waals surface area (Å²) in [4.78, 5) is 12.1. The molecule has 2 aliphatic rings. The molecule has 1 heterocycles. The third-order valence-corrected chi connectivity index (χ3v) is 7.40. The van der Waals surface area contributed by atoms with E-state index in [1.165, 1.54) is 24.4 Å². The molecule has 9 heteroatoms. The van der Waals surface area contributed by atoms with Crippen molar-refractivity contribution in [2.24, 2.45) is 5.92 Å². The molecule has 1 saturated heterocycles. The summed E-state index contributed by atoms with van der Waals surface area (Å²) in [7, 11) is 1.67. The Kier molecular flexibility index (Phi) is 16.2. The molecule has 1 amide bonds. The Hall–Kier alpha value is -1.51. The molecule has 218 valence electrons. The predicted octanol–water partition coefficient (Wildman–Crippen LogP) is 8.08. The van der Waals surface area contributed by atoms with Crippen LogP contribution in [-0.4, -0.2) is 45.1 Å². The van der Waals surface area contributed by atoms with Gasteiger partial charge in [-0.25, -0.2) is 4.39 Å². The molecule has 2 aromatic carbocycles. The number of carbonyl (C=O) groups is 1. The lowest BCUT2D eigenvalue weighted by atomic mass is 9.99. The molecule has 5 nitrogen and oxygen atoms in total. The zero-order chi connectivity index (χ0) is 28.6. The molecule has 2 aromatic rings. The summed E-state index contributed by atoms with van der Waals surface area (Å²) in [6.07, 6.45) is 6.43. The van der Waals surface area contributed by atoms with Crippen molar-refractivity contribution in [3.05, 3.63) is 62.9 Å². The van der Waals surface area contributed by atoms with Crippen LogP contribution in [0, 0.1) is 11.7 Å². The highest BCUT2D eigenvalue weighted by molar-refractivity contribution is 7.97. The quantitative estimate of drug-likeness (QED) is 0.270. The maximum absolute atomic E-state index is 14.4. The number of benzene rings is 2. The van der Waals surface area contributed by atoms with Gasteiger partial charge in [-0.15, -0.1) is 0 Å². The fourth-order valence-corrected chi connectivity index (χ4v) is 4.86. The van der Waals surface area contributed by atoms with E-state index in [9.17, 15) is 9.18 Å². The fourth-order valence-electron chi connectivity index (χ4n) is 3.97. The Morgan fingerprint density at radius 1 is 1.10 bits per heavy atom. The number of hydrogen-bond acceptors (Lipinski definition) is 5. The number of carbonyl (C=O) groups excluding carboxylic acids is 1. The number of hydrogen-bond donors (Lipinski definition) is 2. The minimum absolute atomic E-state index is 0.118. The summed E-state index contributed by atoms with van der Waals surface area (Å²) in [5.74, 6) is 1.41. The second-order valence-electron chi connectivity index (χ2n) is 9.70. The summed E-state index contributed by atoms with van der Waals surface area (Å²) in [6, 6.07) is 8.59. The van der Waals surface area contributed by atoms with Crippen LogP contribution in [0.1, 0.15) is 80.3 Å². The first-order chi connectivity index (χ1) is 18.8. The van der Waals surface area contributed by atoms with Crippen LogP contribution in [0.3, 0.4) is 0 Å². The van der Waals surface area contributed by atoms with Gasteiger partial charge in [0.1, 0.15) is 11.6 Å². The van der Waals surface area contributed by atoms with Crippen LogP contribution in [0.25, 0.3) is 0 Å². The molecule has 0 unspecified atom stereocenters. The monoisotopic (exact) mass is 600 g/mol. The van der Waals surface area contributed by atoms with Gasteiger partial charge in [-0.05, 0) is 86.4 Å². The Labute approximate surface area is 248 Å². The topological polar surface area (TPSA) is 59.6 Å². The summed E-state index contributed by atoms with van der Waals surface area (Å²) < 4.78 is 28.0. The molecular formula is C30H43Cl2FN2O3S. The van der Waals surface area contributed by atoms with Crippen molar-refractivity contribution in [3.8, 4) is 5.75 Å². The van der Waals surface area contributed by atoms with Gasteiger partial charge in [0.15, 0.2) is 0 Å². The Morgan fingerprint density at radius 3 is 2.38 bits per heavy atom. The van der Waals surface area contributed by atoms with E-state index >= 15 is 0 Å². The molecule has 0 radical (unpaired) electrons. The van der Waals surface area contributed by atoms with Gasteiger partial charge in [0.05, 0.1) is 18.8 Å². The summed E-state index contributed by atoms with van der Waals surface area (Å²) in [5, 5.41) is 4.71. The molecule has 0 bridgehead atoms. The van der Waals surface area contributed by atoms with Gasteiger partial charge >= 0.3 is 0 Å². The third kappa shape index (κ3) is 12.3. The van der Waals surface area contributed by atoms with E-state index in [2.05, 4.69) is 23.9 Å². The van der Waals surface area contributed by atoms with Gasteiger partial charge in [0.2, 0.25) is 0 Å². The second kappa shape index (κ2) is 18.8. The maximum atomic E-state index is 14.4. The number of methoxy groups -OCH3 is 1. The average molecular weight is 602 g/mol. The van der Waals surface area contributed by atoms with E-state index in [-0.39, 0.29) is 11.5 Å². The van der Waals surface area contributed by atoms with Crippen LogP contribution < -0.4 is 14.8 Å². The number of amides is 1. The van der Waals surface area contributed by atoms with Crippen LogP contribution in [-0.2, 0) is 11.2 Å². The molecule has 2 fully saturated rings. The zero-order valence-electron chi connectivity index (χ0n) is 23.6. The summed E-state index contributed by atoms with van der Waals surface area (Å²) >= 11 is 12.9. The molecule has 1 aliphatic carbocycles. The zero-order valence-corrected chi connectivity index (χ0v) is 25.9. The van der Waals surface area contributed by atoms with Crippen molar-refractivity contribution in [3.63, 3.8) is 0 Å². The van der Waals surface area contributed by atoms with Crippen LogP contribution in [0.15, 0.2) is 30.3 Å². The molecule has 0 spiro atoms. The van der Waals surface area contributed by atoms with Gasteiger partial charge in [0.25, 0.3) is 5.91 Å². The Bertz CT molecular complexity index is 1020. The van der Waals surface area contributed by atoms with Crippen molar-refractivity contribution < 1.29 is 18.7 Å². The Balaban J connectivity index is 0.000000298. The first-order valence-electron chi connectivity index (χ1n) is 13.9. The van der Waals surface area contributed by atoms with Crippen LogP contribution in [0.2, 0.25) is 10.0 Å². The molecule has 0 aromatic heterocycles. The van der Waals surface area contributed by atoms with Crippen molar-refractivity contribution in [2.45, 2.75) is 65.2 Å². The van der Waals surface area contributed by atoms with E-state index < -0.39 is 5.82 Å². The number of piperidine rings is 1. The van der Waals surface area contributed by atoms with Gasteiger partial charge < -0.3 is 14.8 Å². The standard InChI is InChI=1S/C18H25FN2O2S.C9H10Cl2O.C3H8/c1-2-24-21-18(22)15-9-14(13-3-4-13)17(10-16(15)19)23-11-12-5-7-20-8-6-12;1-12-5-4-7-2-3-8(10)6-9(7)11;1-3-2/h9-10,12-13,20H,2-8,11H2,1H3,(H,21,22);2-3,6H,4-5H2,1H3;3H2,1-2H3. The van der Waals surface area contributed by atoms with Crippen molar-refractivity contribution in [1.29, 1.82) is 0 Å². The number of nitrogens with one attached hydrogen (secondary N) is 2. The van der Waals surface area contributed by atoms with Crippen LogP contribution >= 0.6 is 35.1 Å². The number of rotatable bonds is 10. The molecular weight excluding hydrogens is 558 g/mol. The minimum Gasteiger partial charge on any atom is -0.493 e. The highest BCUT2D eigenvalue weighted by atomic mass is 35.5. The first kappa shape index (κ1) is 33.7. The predicted molar refractivity (Wildman–Crippen MR) is 163 cm³/mol. The van der Waals surface area contributed by atoms with E-state index in [0.29, 0.717) is 40.8 Å². The van der Waals surface area contributed by atoms with Gasteiger partial charge in [0, 0.05) is 29.0 Å². The van der Waals surface area contributed by atoms with Crippen molar-refractivity contribution in [2.75, 3.05) is 39.2 Å². The first-order valence-corrected chi connectivity index (χ1v) is 15.6. The summed E-state index contributed by atoms with van der Waals surface area (Å²) in [5.41, 5.74) is 2.17. The van der Waals surface area contributed by atoms with Gasteiger partial charge in [-0.3, -0.25) is 9.52 Å². The maximum Gasteiger partial charge on any atom is 0.264 e. The third-order valence-electron chi connectivity index (χ3n) is 6.19. The fraction of sp³-hybridized carbons (Fsp3) is 0.567. The molecule has 2 N–H and O–H groups in total. The lowest BCUT2D eigenvalue weighted by molar-refractivity contribution is 0.0980.